The van der Waals surface area contributed by atoms with Gasteiger partial charge in [-0.25, -0.2) is 0 Å². The number of para-hydroxylation sites is 1. The molecule has 5 heteroatoms. The minimum Gasteiger partial charge on any atom is -0.493 e. The second-order valence-electron chi connectivity index (χ2n) is 3.87. The summed E-state index contributed by atoms with van der Waals surface area (Å²) in [5.74, 6) is 2.04. The Bertz CT molecular complexity index is 507. The van der Waals surface area contributed by atoms with E-state index >= 15 is 0 Å². The van der Waals surface area contributed by atoms with Gasteiger partial charge in [0, 0.05) is 13.5 Å². The molecule has 1 aromatic heterocycles. The normalized spacial score (nSPS) is 10.5. The van der Waals surface area contributed by atoms with E-state index in [1.165, 1.54) is 0 Å². The molecule has 0 saturated carbocycles. The first-order valence-corrected chi connectivity index (χ1v) is 5.50. The van der Waals surface area contributed by atoms with Crippen molar-refractivity contribution in [1.82, 2.24) is 14.8 Å². The average molecular weight is 232 g/mol. The van der Waals surface area contributed by atoms with Gasteiger partial charge in [-0.2, -0.15) is 4.98 Å². The zero-order valence-corrected chi connectivity index (χ0v) is 10.1. The summed E-state index contributed by atoms with van der Waals surface area (Å²) in [6.45, 7) is 2.59. The summed E-state index contributed by atoms with van der Waals surface area (Å²) in [5.41, 5.74) is 6.63. The highest BCUT2D eigenvalue weighted by Crippen LogP contribution is 2.16. The van der Waals surface area contributed by atoms with Crippen molar-refractivity contribution in [3.8, 4) is 5.75 Å². The zero-order valence-electron chi connectivity index (χ0n) is 10.1. The third kappa shape index (κ3) is 2.75. The molecule has 0 radical (unpaired) electrons. The first-order chi connectivity index (χ1) is 8.16. The molecule has 90 valence electrons. The van der Waals surface area contributed by atoms with Gasteiger partial charge in [-0.05, 0) is 18.6 Å². The number of nitrogens with zero attached hydrogens (tertiary/aromatic N) is 3. The van der Waals surface area contributed by atoms with E-state index in [1.54, 1.807) is 4.68 Å². The molecular formula is C12H16N4O. The smallest absolute Gasteiger partial charge is 0.239 e. The van der Waals surface area contributed by atoms with E-state index in [9.17, 15) is 0 Å². The van der Waals surface area contributed by atoms with Gasteiger partial charge < -0.3 is 10.5 Å². The molecule has 0 amide bonds. The fourth-order valence-corrected chi connectivity index (χ4v) is 1.63. The molecule has 0 spiro atoms. The number of benzene rings is 1. The fourth-order valence-electron chi connectivity index (χ4n) is 1.63. The van der Waals surface area contributed by atoms with Crippen LogP contribution in [0.3, 0.4) is 0 Å². The van der Waals surface area contributed by atoms with Crippen molar-refractivity contribution >= 4 is 5.95 Å². The first kappa shape index (κ1) is 11.4. The van der Waals surface area contributed by atoms with Crippen LogP contribution < -0.4 is 10.5 Å². The van der Waals surface area contributed by atoms with E-state index in [1.807, 2.05) is 38.2 Å². The second-order valence-corrected chi connectivity index (χ2v) is 3.87. The Balaban J connectivity index is 1.92. The third-order valence-electron chi connectivity index (χ3n) is 2.55. The minimum atomic E-state index is 0.304. The Morgan fingerprint density at radius 3 is 2.76 bits per heavy atom. The molecule has 0 saturated heterocycles. The summed E-state index contributed by atoms with van der Waals surface area (Å²) in [7, 11) is 1.83. The van der Waals surface area contributed by atoms with Gasteiger partial charge in [-0.3, -0.25) is 4.68 Å². The van der Waals surface area contributed by atoms with Crippen molar-refractivity contribution in [2.45, 2.75) is 13.3 Å². The minimum absolute atomic E-state index is 0.304. The number of aryl methyl sites for hydroxylation is 2. The first-order valence-electron chi connectivity index (χ1n) is 5.50. The SMILES string of the molecule is Cc1ccccc1OCCc1nc(N)nn1C. The van der Waals surface area contributed by atoms with E-state index in [0.29, 0.717) is 19.0 Å². The largest absolute Gasteiger partial charge is 0.493 e. The van der Waals surface area contributed by atoms with Crippen molar-refractivity contribution in [2.75, 3.05) is 12.3 Å². The third-order valence-corrected chi connectivity index (χ3v) is 2.55. The predicted molar refractivity (Wildman–Crippen MR) is 65.8 cm³/mol. The maximum atomic E-state index is 5.68. The molecule has 2 rings (SSSR count). The lowest BCUT2D eigenvalue weighted by molar-refractivity contribution is 0.315. The Hall–Kier alpha value is -2.04. The number of nitrogens with two attached hydrogens (primary N) is 1. The Kier molecular flexibility index (Phi) is 3.27. The fraction of sp³-hybridized carbons (Fsp3) is 0.333. The van der Waals surface area contributed by atoms with Crippen molar-refractivity contribution in [1.29, 1.82) is 0 Å². The molecule has 0 fully saturated rings. The Morgan fingerprint density at radius 1 is 1.35 bits per heavy atom. The number of hydrogen-bond donors (Lipinski definition) is 1. The average Bonchev–Trinajstić information content (AvgIpc) is 2.60. The monoisotopic (exact) mass is 232 g/mol. The lowest BCUT2D eigenvalue weighted by atomic mass is 10.2. The van der Waals surface area contributed by atoms with Gasteiger partial charge >= 0.3 is 0 Å². The highest BCUT2D eigenvalue weighted by Gasteiger charge is 2.05. The highest BCUT2D eigenvalue weighted by molar-refractivity contribution is 5.31. The molecule has 1 heterocycles. The van der Waals surface area contributed by atoms with Gasteiger partial charge in [0.2, 0.25) is 5.95 Å². The van der Waals surface area contributed by atoms with Crippen molar-refractivity contribution < 1.29 is 4.74 Å². The molecule has 17 heavy (non-hydrogen) atoms. The van der Waals surface area contributed by atoms with Crippen LogP contribution in [0.2, 0.25) is 0 Å². The van der Waals surface area contributed by atoms with E-state index in [2.05, 4.69) is 10.1 Å². The van der Waals surface area contributed by atoms with Crippen LogP contribution in [0.5, 0.6) is 5.75 Å². The van der Waals surface area contributed by atoms with Crippen molar-refractivity contribution in [3.05, 3.63) is 35.7 Å². The van der Waals surface area contributed by atoms with Gasteiger partial charge in [0.05, 0.1) is 6.61 Å². The van der Waals surface area contributed by atoms with E-state index < -0.39 is 0 Å². The number of anilines is 1. The number of rotatable bonds is 4. The van der Waals surface area contributed by atoms with E-state index in [4.69, 9.17) is 10.5 Å². The predicted octanol–water partition coefficient (Wildman–Crippen LogP) is 1.33. The summed E-state index contributed by atoms with van der Waals surface area (Å²) >= 11 is 0. The summed E-state index contributed by atoms with van der Waals surface area (Å²) < 4.78 is 7.36. The molecule has 0 aliphatic carbocycles. The maximum absolute atomic E-state index is 5.68. The number of ether oxygens (including phenoxy) is 1. The highest BCUT2D eigenvalue weighted by atomic mass is 16.5. The number of nitrogen functional groups attached to an aromatic ring is 1. The van der Waals surface area contributed by atoms with Gasteiger partial charge in [0.1, 0.15) is 11.6 Å². The van der Waals surface area contributed by atoms with Gasteiger partial charge in [-0.1, -0.05) is 18.2 Å². The molecule has 0 aliphatic rings. The molecular weight excluding hydrogens is 216 g/mol. The lowest BCUT2D eigenvalue weighted by Crippen LogP contribution is -2.07. The molecule has 1 aromatic carbocycles. The van der Waals surface area contributed by atoms with Crippen LogP contribution in [0, 0.1) is 6.92 Å². The molecule has 0 aliphatic heterocycles. The van der Waals surface area contributed by atoms with Crippen LogP contribution in [0.1, 0.15) is 11.4 Å². The molecule has 0 atom stereocenters. The van der Waals surface area contributed by atoms with Crippen molar-refractivity contribution in [2.24, 2.45) is 7.05 Å². The van der Waals surface area contributed by atoms with E-state index in [0.717, 1.165) is 17.1 Å². The van der Waals surface area contributed by atoms with Gasteiger partial charge in [0.25, 0.3) is 0 Å². The Morgan fingerprint density at radius 2 is 2.12 bits per heavy atom. The molecule has 0 unspecified atom stereocenters. The topological polar surface area (TPSA) is 66.0 Å². The Labute approximate surface area is 100 Å². The zero-order chi connectivity index (χ0) is 12.3. The molecule has 2 aromatic rings. The summed E-state index contributed by atoms with van der Waals surface area (Å²) in [5, 5.41) is 3.98. The maximum Gasteiger partial charge on any atom is 0.239 e. The molecule has 2 N–H and O–H groups in total. The molecule has 5 nitrogen and oxygen atoms in total. The summed E-state index contributed by atoms with van der Waals surface area (Å²) in [6, 6.07) is 7.93. The molecule has 0 bridgehead atoms. The van der Waals surface area contributed by atoms with Crippen LogP contribution >= 0.6 is 0 Å². The van der Waals surface area contributed by atoms with E-state index in [-0.39, 0.29) is 0 Å². The van der Waals surface area contributed by atoms with Gasteiger partial charge in [-0.15, -0.1) is 5.10 Å². The summed E-state index contributed by atoms with van der Waals surface area (Å²) in [4.78, 5) is 4.11. The van der Waals surface area contributed by atoms with Gasteiger partial charge in [0.15, 0.2) is 0 Å². The van der Waals surface area contributed by atoms with Crippen LogP contribution in [0.15, 0.2) is 24.3 Å². The second kappa shape index (κ2) is 4.86. The lowest BCUT2D eigenvalue weighted by Gasteiger charge is -2.07. The van der Waals surface area contributed by atoms with Crippen LogP contribution in [-0.4, -0.2) is 21.4 Å². The van der Waals surface area contributed by atoms with Crippen molar-refractivity contribution in [3.63, 3.8) is 0 Å². The standard InChI is InChI=1S/C12H16N4O/c1-9-5-3-4-6-10(9)17-8-7-11-14-12(13)15-16(11)2/h3-6H,7-8H2,1-2H3,(H2,13,15). The van der Waals surface area contributed by atoms with Crippen LogP contribution in [-0.2, 0) is 13.5 Å². The van der Waals surface area contributed by atoms with Crippen LogP contribution in [0.4, 0.5) is 5.95 Å². The van der Waals surface area contributed by atoms with Crippen LogP contribution in [0.25, 0.3) is 0 Å². The quantitative estimate of drug-likeness (QED) is 0.863. The number of aromatic nitrogens is 3. The number of hydrogen-bond acceptors (Lipinski definition) is 4. The summed E-state index contributed by atoms with van der Waals surface area (Å²) in [6.07, 6.45) is 0.690.